The number of carbonyl (C=O) groups is 1. The molecule has 108 valence electrons. The Morgan fingerprint density at radius 2 is 2.06 bits per heavy atom. The van der Waals surface area contributed by atoms with Crippen LogP contribution in [0.15, 0.2) is 0 Å². The minimum Gasteiger partial charge on any atom is -0.368 e. The molecule has 0 aliphatic heterocycles. The fourth-order valence-electron chi connectivity index (χ4n) is 1.88. The number of nitrogens with one attached hydrogen (secondary N) is 1. The van der Waals surface area contributed by atoms with Crippen molar-refractivity contribution < 1.29 is 13.6 Å². The maximum atomic E-state index is 12.1. The average Bonchev–Trinajstić information content (AvgIpc) is 2.23. The average molecular weight is 265 g/mol. The summed E-state index contributed by atoms with van der Waals surface area (Å²) in [6.07, 6.45) is -0.122. The maximum Gasteiger partial charge on any atom is 0.251 e. The van der Waals surface area contributed by atoms with Gasteiger partial charge in [0.2, 0.25) is 5.91 Å². The standard InChI is InChI=1S/C12H25F2N3O/c1-4-16-12(2,11(15)18)7-5-6-8-17(3)9-10(13)14/h10,16H,4-9H2,1-3H3,(H2,15,18). The minimum atomic E-state index is -2.30. The van der Waals surface area contributed by atoms with Crippen LogP contribution in [0.2, 0.25) is 0 Å². The van der Waals surface area contributed by atoms with E-state index < -0.39 is 12.0 Å². The van der Waals surface area contributed by atoms with Crippen LogP contribution in [0.25, 0.3) is 0 Å². The molecule has 0 saturated heterocycles. The summed E-state index contributed by atoms with van der Waals surface area (Å²) in [5.74, 6) is -0.370. The van der Waals surface area contributed by atoms with Crippen LogP contribution < -0.4 is 11.1 Å². The number of carbonyl (C=O) groups excluding carboxylic acids is 1. The Kier molecular flexibility index (Phi) is 8.02. The van der Waals surface area contributed by atoms with Gasteiger partial charge in [0.15, 0.2) is 0 Å². The van der Waals surface area contributed by atoms with Crippen molar-refractivity contribution in [2.45, 2.75) is 45.1 Å². The number of nitrogens with two attached hydrogens (primary N) is 1. The van der Waals surface area contributed by atoms with Gasteiger partial charge in [0.05, 0.1) is 12.1 Å². The molecule has 0 aliphatic rings. The van der Waals surface area contributed by atoms with E-state index in [1.165, 1.54) is 0 Å². The molecule has 0 bridgehead atoms. The number of amides is 1. The highest BCUT2D eigenvalue weighted by Crippen LogP contribution is 2.13. The lowest BCUT2D eigenvalue weighted by atomic mass is 9.94. The third kappa shape index (κ3) is 6.86. The summed E-state index contributed by atoms with van der Waals surface area (Å²) in [7, 11) is 1.67. The van der Waals surface area contributed by atoms with Crippen molar-refractivity contribution >= 4 is 5.91 Å². The molecule has 0 aromatic carbocycles. The Hall–Kier alpha value is -0.750. The zero-order valence-electron chi connectivity index (χ0n) is 11.5. The predicted octanol–water partition coefficient (Wildman–Crippen LogP) is 1.21. The molecule has 0 saturated carbocycles. The molecule has 0 radical (unpaired) electrons. The number of hydrogen-bond donors (Lipinski definition) is 2. The molecule has 0 fully saturated rings. The number of halogens is 2. The summed E-state index contributed by atoms with van der Waals surface area (Å²) in [5.41, 5.74) is 4.66. The maximum absolute atomic E-state index is 12.1. The van der Waals surface area contributed by atoms with Gasteiger partial charge in [-0.3, -0.25) is 4.79 Å². The number of alkyl halides is 2. The molecule has 3 N–H and O–H groups in total. The lowest BCUT2D eigenvalue weighted by Gasteiger charge is -2.27. The van der Waals surface area contributed by atoms with Crippen molar-refractivity contribution in [1.82, 2.24) is 10.2 Å². The van der Waals surface area contributed by atoms with E-state index in [0.29, 0.717) is 19.5 Å². The van der Waals surface area contributed by atoms with Gasteiger partial charge >= 0.3 is 0 Å². The fraction of sp³-hybridized carbons (Fsp3) is 0.917. The number of rotatable bonds is 10. The zero-order valence-corrected chi connectivity index (χ0v) is 11.5. The number of nitrogens with zero attached hydrogens (tertiary/aromatic N) is 1. The third-order valence-corrected chi connectivity index (χ3v) is 3.03. The van der Waals surface area contributed by atoms with Crippen molar-refractivity contribution in [3.8, 4) is 0 Å². The first kappa shape index (κ1) is 17.2. The lowest BCUT2D eigenvalue weighted by Crippen LogP contribution is -2.53. The van der Waals surface area contributed by atoms with Crippen molar-refractivity contribution in [3.05, 3.63) is 0 Å². The highest BCUT2D eigenvalue weighted by molar-refractivity contribution is 5.84. The van der Waals surface area contributed by atoms with Gasteiger partial charge < -0.3 is 16.0 Å². The second-order valence-electron chi connectivity index (χ2n) is 4.84. The van der Waals surface area contributed by atoms with Gasteiger partial charge in [0.25, 0.3) is 6.43 Å². The van der Waals surface area contributed by atoms with Crippen LogP contribution in [-0.2, 0) is 4.79 Å². The molecule has 1 atom stereocenters. The van der Waals surface area contributed by atoms with Gasteiger partial charge in [-0.05, 0) is 46.3 Å². The molecular weight excluding hydrogens is 240 g/mol. The smallest absolute Gasteiger partial charge is 0.251 e. The summed E-state index contributed by atoms with van der Waals surface area (Å²) in [6, 6.07) is 0. The van der Waals surface area contributed by atoms with Crippen LogP contribution in [-0.4, -0.2) is 49.5 Å². The Balaban J connectivity index is 3.90. The molecule has 18 heavy (non-hydrogen) atoms. The van der Waals surface area contributed by atoms with E-state index in [-0.39, 0.29) is 12.5 Å². The third-order valence-electron chi connectivity index (χ3n) is 3.03. The van der Waals surface area contributed by atoms with E-state index >= 15 is 0 Å². The van der Waals surface area contributed by atoms with E-state index in [2.05, 4.69) is 5.32 Å². The highest BCUT2D eigenvalue weighted by Gasteiger charge is 2.28. The van der Waals surface area contributed by atoms with Crippen molar-refractivity contribution in [3.63, 3.8) is 0 Å². The Morgan fingerprint density at radius 1 is 1.44 bits per heavy atom. The molecule has 1 amide bonds. The summed E-state index contributed by atoms with van der Waals surface area (Å²) in [5, 5.41) is 3.07. The van der Waals surface area contributed by atoms with Crippen molar-refractivity contribution in [2.24, 2.45) is 5.73 Å². The van der Waals surface area contributed by atoms with Crippen LogP contribution >= 0.6 is 0 Å². The Morgan fingerprint density at radius 3 is 2.50 bits per heavy atom. The van der Waals surface area contributed by atoms with Gasteiger partial charge in [-0.25, -0.2) is 8.78 Å². The lowest BCUT2D eigenvalue weighted by molar-refractivity contribution is -0.124. The molecule has 0 aliphatic carbocycles. The quantitative estimate of drug-likeness (QED) is 0.584. The SMILES string of the molecule is CCNC(C)(CCCCN(C)CC(F)F)C(N)=O. The van der Waals surface area contributed by atoms with Gasteiger partial charge in [-0.1, -0.05) is 6.92 Å². The van der Waals surface area contributed by atoms with E-state index in [9.17, 15) is 13.6 Å². The molecule has 4 nitrogen and oxygen atoms in total. The van der Waals surface area contributed by atoms with Gasteiger partial charge in [0, 0.05) is 0 Å². The van der Waals surface area contributed by atoms with E-state index in [1.54, 1.807) is 18.9 Å². The highest BCUT2D eigenvalue weighted by atomic mass is 19.3. The second-order valence-corrected chi connectivity index (χ2v) is 4.84. The summed E-state index contributed by atoms with van der Waals surface area (Å²) in [6.45, 7) is 4.76. The molecule has 0 aromatic heterocycles. The first-order valence-electron chi connectivity index (χ1n) is 6.33. The second kappa shape index (κ2) is 8.37. The van der Waals surface area contributed by atoms with E-state index in [0.717, 1.165) is 12.8 Å². The Bertz CT molecular complexity index is 251. The van der Waals surface area contributed by atoms with Crippen molar-refractivity contribution in [2.75, 3.05) is 26.7 Å². The van der Waals surface area contributed by atoms with Crippen LogP contribution in [0, 0.1) is 0 Å². The monoisotopic (exact) mass is 265 g/mol. The summed E-state index contributed by atoms with van der Waals surface area (Å²) >= 11 is 0. The molecular formula is C12H25F2N3O. The summed E-state index contributed by atoms with van der Waals surface area (Å²) < 4.78 is 24.2. The van der Waals surface area contributed by atoms with Crippen LogP contribution in [0.4, 0.5) is 8.78 Å². The van der Waals surface area contributed by atoms with Crippen LogP contribution in [0.1, 0.15) is 33.1 Å². The normalized spacial score (nSPS) is 15.1. The molecule has 0 spiro atoms. The molecule has 0 aromatic rings. The predicted molar refractivity (Wildman–Crippen MR) is 68.6 cm³/mol. The van der Waals surface area contributed by atoms with Gasteiger partial charge in [-0.15, -0.1) is 0 Å². The molecule has 0 rings (SSSR count). The molecule has 0 heterocycles. The molecule has 1 unspecified atom stereocenters. The van der Waals surface area contributed by atoms with Crippen molar-refractivity contribution in [1.29, 1.82) is 0 Å². The topological polar surface area (TPSA) is 58.4 Å². The largest absolute Gasteiger partial charge is 0.368 e. The number of hydrogen-bond acceptors (Lipinski definition) is 3. The number of primary amides is 1. The zero-order chi connectivity index (χ0) is 14.2. The Labute approximate surface area is 108 Å². The van der Waals surface area contributed by atoms with Crippen LogP contribution in [0.5, 0.6) is 0 Å². The first-order chi connectivity index (χ1) is 8.31. The minimum absolute atomic E-state index is 0.208. The number of unbranched alkanes of at least 4 members (excludes halogenated alkanes) is 1. The number of likely N-dealkylation sites (N-methyl/N-ethyl adjacent to an activating group) is 1. The first-order valence-corrected chi connectivity index (χ1v) is 6.33. The molecule has 6 heteroatoms. The van der Waals surface area contributed by atoms with Crippen LogP contribution in [0.3, 0.4) is 0 Å². The van der Waals surface area contributed by atoms with Gasteiger partial charge in [0.1, 0.15) is 0 Å². The van der Waals surface area contributed by atoms with Gasteiger partial charge in [-0.2, -0.15) is 0 Å². The van der Waals surface area contributed by atoms with E-state index in [4.69, 9.17) is 5.73 Å². The van der Waals surface area contributed by atoms with E-state index in [1.807, 2.05) is 6.92 Å². The fourth-order valence-corrected chi connectivity index (χ4v) is 1.88. The summed E-state index contributed by atoms with van der Waals surface area (Å²) in [4.78, 5) is 12.9.